The SMILES string of the molecule is CC(C)(C)c1ccc(COc2cc(OCc3ccc(C(C)(C)C)cc3)cc(C(=O)OCc3cn(Cc4ccc(C[NH2+]Cc5ccc(Cn6cc(COC(=O)c7cc(OCc8ccc(C(C)(C)C)cc8)cc(OCc8ccc(C(C)(C)C)cc8)c7)nn6)cc5)cc4)nn3)c2)cc1.F[P-](F)(F)(F)(F)F.O=C(ON1C(=O)CCC1=O)c1ccc2c(c1)OCCOCCOCCOc1ccccc1OCCOCCOCCO2. The van der Waals surface area contributed by atoms with E-state index in [2.05, 4.69) is 255 Å². The first-order chi connectivity index (χ1) is 68.4. The minimum atomic E-state index is -10.7. The number of aromatic nitrogens is 6. The summed E-state index contributed by atoms with van der Waals surface area (Å²) < 4.78 is 145. The molecule has 12 aromatic rings. The Morgan fingerprint density at radius 3 is 0.931 bits per heavy atom. The average molecular weight is 2010 g/mol. The summed E-state index contributed by atoms with van der Waals surface area (Å²) in [6.07, 6.45) is 3.59. The molecule has 0 unspecified atom stereocenters. The van der Waals surface area contributed by atoms with E-state index in [0.717, 1.165) is 46.5 Å². The maximum atomic E-state index is 13.7. The minimum absolute atomic E-state index is 0.00318. The van der Waals surface area contributed by atoms with Gasteiger partial charge in [0.1, 0.15) is 114 Å². The van der Waals surface area contributed by atoms with E-state index in [9.17, 15) is 49.2 Å². The van der Waals surface area contributed by atoms with Crippen molar-refractivity contribution in [3.63, 3.8) is 0 Å². The van der Waals surface area contributed by atoms with Gasteiger partial charge in [0.25, 0.3) is 11.8 Å². The normalized spacial score (nSPS) is 14.4. The zero-order valence-electron chi connectivity index (χ0n) is 83.1. The standard InChI is InChI=1S/C80H89N7O8.C29H35NO12.F6P/c1-77(2,3)65-29-21-59(22-30-65)49-90-71-37-63(38-72(41-71)91-50-60-23-31-66(32-24-60)78(4,5)6)75(88)94-53-69-47-86(84-82-69)45-57-17-13-55(14-18-57)43-81-44-56-15-19-58(20-16-56)46-87-48-70(83-85-87)54-95-76(89)64-39-73(92-51-61-25-33-67(34-26-61)79(7,8)9)42-74(40-64)93-52-62-27-35-68(36-28-62)80(10,11)12;31-27-7-8-28(32)30(27)42-29(33)22-5-6-25-26(21-22)41-20-16-37-12-11-35-14-18-39-24-4-2-1-3-23(24)38-17-13-34-9-10-36-15-19-40-25;1-7(2,3,4,5)6/h13-42,47-48,81H,43-46,49-54H2,1-12H3;1-6,21H,7-20H2;/q;;-1/p+1. The van der Waals surface area contributed by atoms with Crippen molar-refractivity contribution >= 4 is 37.5 Å². The molecule has 768 valence electrons. The van der Waals surface area contributed by atoms with E-state index in [0.29, 0.717) is 160 Å². The van der Waals surface area contributed by atoms with Crippen LogP contribution in [-0.4, -0.2) is 144 Å². The summed E-state index contributed by atoms with van der Waals surface area (Å²) in [7, 11) is -10.7. The van der Waals surface area contributed by atoms with E-state index in [1.165, 1.54) is 45.5 Å². The number of nitrogens with zero attached hydrogens (tertiary/aromatic N) is 7. The predicted molar refractivity (Wildman–Crippen MR) is 528 cm³/mol. The molecule has 2 N–H and O–H groups in total. The number of esters is 2. The summed E-state index contributed by atoms with van der Waals surface area (Å²) in [6.45, 7) is 33.9. The van der Waals surface area contributed by atoms with Crippen LogP contribution in [0.3, 0.4) is 0 Å². The van der Waals surface area contributed by atoms with Crippen molar-refractivity contribution in [2.24, 2.45) is 0 Å². The van der Waals surface area contributed by atoms with Gasteiger partial charge in [-0.3, -0.25) is 9.59 Å². The predicted octanol–water partition coefficient (Wildman–Crippen LogP) is 21.0. The van der Waals surface area contributed by atoms with Crippen molar-refractivity contribution in [3.8, 4) is 46.0 Å². The van der Waals surface area contributed by atoms with Crippen molar-refractivity contribution in [3.05, 3.63) is 332 Å². The second-order valence-electron chi connectivity index (χ2n) is 38.5. The molecule has 0 aliphatic carbocycles. The van der Waals surface area contributed by atoms with E-state index < -0.39 is 37.5 Å². The fourth-order valence-electron chi connectivity index (χ4n) is 14.4. The molecular formula is C109H125F6N8O20P. The van der Waals surface area contributed by atoms with Crippen molar-refractivity contribution in [1.82, 2.24) is 35.1 Å². The number of fused-ring (bicyclic) bond motifs is 2. The molecule has 144 heavy (non-hydrogen) atoms. The van der Waals surface area contributed by atoms with Gasteiger partial charge in [0.05, 0.1) is 95.0 Å². The van der Waals surface area contributed by atoms with Crippen LogP contribution in [0.4, 0.5) is 25.2 Å². The molecule has 4 heterocycles. The van der Waals surface area contributed by atoms with Gasteiger partial charge < -0.3 is 76.5 Å². The first kappa shape index (κ1) is 109. The quantitative estimate of drug-likeness (QED) is 0.0206. The summed E-state index contributed by atoms with van der Waals surface area (Å²) in [6, 6.07) is 72.7. The van der Waals surface area contributed by atoms with Crippen LogP contribution in [0.5, 0.6) is 46.0 Å². The van der Waals surface area contributed by atoms with E-state index in [-0.39, 0.29) is 85.5 Å². The number of rotatable bonds is 28. The number of nitrogens with two attached hydrogens (primary N) is 1. The van der Waals surface area contributed by atoms with Gasteiger partial charge >= 0.3 is 50.9 Å². The number of halogens is 6. The number of ether oxygens (including phenoxy) is 14. The van der Waals surface area contributed by atoms with E-state index in [1.807, 2.05) is 24.3 Å². The molecule has 2 aromatic heterocycles. The number of carbonyl (C=O) groups is 5. The Bertz CT molecular complexity index is 5760. The van der Waals surface area contributed by atoms with E-state index >= 15 is 0 Å². The monoisotopic (exact) mass is 2010 g/mol. The molecule has 28 nitrogen and oxygen atoms in total. The maximum Gasteiger partial charge on any atom is 0.364 e. The Morgan fingerprint density at radius 1 is 0.333 bits per heavy atom. The van der Waals surface area contributed by atoms with Crippen LogP contribution in [0.1, 0.15) is 205 Å². The summed E-state index contributed by atoms with van der Waals surface area (Å²) in [5, 5.41) is 20.0. The Labute approximate surface area is 834 Å². The fourth-order valence-corrected chi connectivity index (χ4v) is 14.4. The van der Waals surface area contributed by atoms with E-state index in [1.54, 1.807) is 64.2 Å². The molecule has 2 aliphatic rings. The number of para-hydroxylation sites is 2. The third-order valence-electron chi connectivity index (χ3n) is 22.4. The van der Waals surface area contributed by atoms with Crippen LogP contribution in [-0.2, 0) is 130 Å². The first-order valence-electron chi connectivity index (χ1n) is 47.3. The number of hydrogen-bond donors (Lipinski definition) is 1. The Kier molecular flexibility index (Phi) is 37.5. The smallest absolute Gasteiger partial charge is 0.364 e. The third-order valence-corrected chi connectivity index (χ3v) is 22.4. The molecule has 10 aromatic carbocycles. The van der Waals surface area contributed by atoms with E-state index in [4.69, 9.17) is 71.2 Å². The molecule has 0 atom stereocenters. The summed E-state index contributed by atoms with van der Waals surface area (Å²) in [5.41, 5.74) is 15.4. The molecule has 0 radical (unpaired) electrons. The van der Waals surface area contributed by atoms with Gasteiger partial charge in [0.15, 0.2) is 23.0 Å². The Hall–Kier alpha value is -13.8. The topological polar surface area (TPSA) is 305 Å². The molecule has 0 bridgehead atoms. The first-order valence-corrected chi connectivity index (χ1v) is 49.4. The van der Waals surface area contributed by atoms with Gasteiger partial charge in [-0.05, 0) is 132 Å². The van der Waals surface area contributed by atoms with Crippen LogP contribution in [0.25, 0.3) is 0 Å². The van der Waals surface area contributed by atoms with Crippen LogP contribution < -0.4 is 43.2 Å². The molecule has 35 heteroatoms. The summed E-state index contributed by atoms with van der Waals surface area (Å²) >= 11 is 0. The molecule has 14 rings (SSSR count). The van der Waals surface area contributed by atoms with Crippen molar-refractivity contribution < 1.29 is 126 Å². The number of benzene rings is 10. The maximum absolute atomic E-state index is 13.7. The number of amides is 2. The molecule has 2 amide bonds. The van der Waals surface area contributed by atoms with Gasteiger partial charge in [0.2, 0.25) is 0 Å². The van der Waals surface area contributed by atoms with Crippen molar-refractivity contribution in [2.45, 2.75) is 183 Å². The molecule has 0 saturated carbocycles. The van der Waals surface area contributed by atoms with Gasteiger partial charge in [-0.1, -0.05) is 251 Å². The molecule has 1 saturated heterocycles. The second-order valence-corrected chi connectivity index (χ2v) is 40.4. The summed E-state index contributed by atoms with van der Waals surface area (Å²) in [5.74, 6) is 0.799. The number of hydrogen-bond acceptors (Lipinski definition) is 24. The van der Waals surface area contributed by atoms with Gasteiger partial charge in [0, 0.05) is 36.1 Å². The van der Waals surface area contributed by atoms with Crippen LogP contribution >= 0.6 is 7.81 Å². The zero-order valence-corrected chi connectivity index (χ0v) is 84.0. The Morgan fingerprint density at radius 2 is 0.618 bits per heavy atom. The fraction of sp³-hybridized carbons (Fsp3) is 0.367. The van der Waals surface area contributed by atoms with Crippen molar-refractivity contribution in [2.75, 3.05) is 79.3 Å². The van der Waals surface area contributed by atoms with Gasteiger partial charge in [-0.2, -0.15) is 0 Å². The zero-order chi connectivity index (χ0) is 103. The molecular weight excluding hydrogens is 1890 g/mol. The minimum Gasteiger partial charge on any atom is -0.487 e. The van der Waals surface area contributed by atoms with Crippen LogP contribution in [0.2, 0.25) is 0 Å². The largest absolute Gasteiger partial charge is 0.487 e. The third kappa shape index (κ3) is 37.5. The Balaban J connectivity index is 0.000000311. The second kappa shape index (κ2) is 49.5. The summed E-state index contributed by atoms with van der Waals surface area (Å²) in [4.78, 5) is 68.6. The van der Waals surface area contributed by atoms with Crippen molar-refractivity contribution in [1.29, 1.82) is 0 Å². The number of imide groups is 1. The number of carbonyl (C=O) groups excluding carboxylic acids is 5. The van der Waals surface area contributed by atoms with Gasteiger partial charge in [-0.15, -0.1) is 15.3 Å². The molecule has 1 fully saturated rings. The average Bonchev–Trinajstić information content (AvgIpc) is 0.841. The number of quaternary nitrogens is 1. The molecule has 0 spiro atoms. The van der Waals surface area contributed by atoms with Crippen LogP contribution in [0, 0.1) is 0 Å². The number of hydroxylamine groups is 2. The molecule has 2 aliphatic heterocycles. The van der Waals surface area contributed by atoms with Gasteiger partial charge in [-0.25, -0.2) is 23.7 Å². The van der Waals surface area contributed by atoms with Crippen LogP contribution in [0.15, 0.2) is 237 Å².